The van der Waals surface area contributed by atoms with Crippen molar-refractivity contribution in [1.82, 2.24) is 5.32 Å². The predicted octanol–water partition coefficient (Wildman–Crippen LogP) is -3.52. The maximum absolute atomic E-state index is 12.2. The SMILES string of the molecule is CC[C@H]1OC(C(=O)N[C@@H](CCC(N)=O)C(N)=O)[C@@H](O)C(O)C1O. The number of amides is 3. The smallest absolute Gasteiger partial charge is 0.252 e. The van der Waals surface area contributed by atoms with Crippen molar-refractivity contribution < 1.29 is 34.4 Å². The monoisotopic (exact) mass is 333 g/mol. The average molecular weight is 333 g/mol. The molecular weight excluding hydrogens is 310 g/mol. The van der Waals surface area contributed by atoms with Crippen molar-refractivity contribution in [3.05, 3.63) is 0 Å². The summed E-state index contributed by atoms with van der Waals surface area (Å²) in [6.07, 6.45) is -6.85. The molecule has 1 saturated heterocycles. The minimum absolute atomic E-state index is 0.0956. The van der Waals surface area contributed by atoms with Crippen molar-refractivity contribution >= 4 is 17.7 Å². The molecule has 0 bridgehead atoms. The Morgan fingerprint density at radius 1 is 1.13 bits per heavy atom. The van der Waals surface area contributed by atoms with Gasteiger partial charge in [-0.15, -0.1) is 0 Å². The first kappa shape index (κ1) is 19.3. The van der Waals surface area contributed by atoms with Gasteiger partial charge in [0.15, 0.2) is 6.10 Å². The van der Waals surface area contributed by atoms with E-state index in [9.17, 15) is 29.7 Å². The molecule has 1 aliphatic heterocycles. The highest BCUT2D eigenvalue weighted by Gasteiger charge is 2.46. The highest BCUT2D eigenvalue weighted by Crippen LogP contribution is 2.23. The Labute approximate surface area is 132 Å². The summed E-state index contributed by atoms with van der Waals surface area (Å²) in [5, 5.41) is 31.6. The van der Waals surface area contributed by atoms with Crippen LogP contribution in [0.5, 0.6) is 0 Å². The molecule has 0 aliphatic carbocycles. The molecule has 0 aromatic rings. The van der Waals surface area contributed by atoms with Crippen LogP contribution in [-0.4, -0.2) is 69.6 Å². The second kappa shape index (κ2) is 8.20. The van der Waals surface area contributed by atoms with Crippen molar-refractivity contribution in [2.24, 2.45) is 11.5 Å². The number of nitrogens with one attached hydrogen (secondary N) is 1. The molecule has 0 aromatic carbocycles. The molecule has 1 aliphatic rings. The van der Waals surface area contributed by atoms with Crippen LogP contribution in [0, 0.1) is 0 Å². The number of ether oxygens (including phenoxy) is 1. The summed E-state index contributed by atoms with van der Waals surface area (Å²) in [7, 11) is 0. The van der Waals surface area contributed by atoms with Gasteiger partial charge in [0.1, 0.15) is 24.4 Å². The standard InChI is InChI=1S/C13H23N3O7/c1-2-6-8(18)9(19)10(20)11(23-6)13(22)16-5(12(15)21)3-4-7(14)17/h5-6,8-11,18-20H,2-4H2,1H3,(H2,14,17)(H2,15,21)(H,16,22)/t5-,6+,8?,9?,10-,11?/m0/s1. The molecule has 8 N–H and O–H groups in total. The van der Waals surface area contributed by atoms with Crippen LogP contribution in [0.3, 0.4) is 0 Å². The molecule has 3 unspecified atom stereocenters. The van der Waals surface area contributed by atoms with E-state index in [1.165, 1.54) is 0 Å². The van der Waals surface area contributed by atoms with E-state index in [2.05, 4.69) is 5.32 Å². The molecule has 1 heterocycles. The van der Waals surface area contributed by atoms with E-state index in [0.717, 1.165) is 0 Å². The van der Waals surface area contributed by atoms with Crippen LogP contribution < -0.4 is 16.8 Å². The molecule has 3 amide bonds. The first-order chi connectivity index (χ1) is 10.7. The van der Waals surface area contributed by atoms with Crippen LogP contribution in [0.4, 0.5) is 0 Å². The summed E-state index contributed by atoms with van der Waals surface area (Å²) in [5.41, 5.74) is 10.1. The Bertz CT molecular complexity index is 457. The zero-order valence-corrected chi connectivity index (χ0v) is 12.7. The summed E-state index contributed by atoms with van der Waals surface area (Å²) in [4.78, 5) is 34.2. The van der Waals surface area contributed by atoms with Gasteiger partial charge in [-0.2, -0.15) is 0 Å². The van der Waals surface area contributed by atoms with Gasteiger partial charge in [0, 0.05) is 6.42 Å². The third kappa shape index (κ3) is 4.86. The minimum Gasteiger partial charge on any atom is -0.388 e. The van der Waals surface area contributed by atoms with Crippen LogP contribution in [-0.2, 0) is 19.1 Å². The van der Waals surface area contributed by atoms with E-state index in [1.54, 1.807) is 6.92 Å². The van der Waals surface area contributed by atoms with Gasteiger partial charge in [0.2, 0.25) is 11.8 Å². The average Bonchev–Trinajstić information content (AvgIpc) is 2.48. The fourth-order valence-corrected chi connectivity index (χ4v) is 2.33. The summed E-state index contributed by atoms with van der Waals surface area (Å²) >= 11 is 0. The molecule has 0 spiro atoms. The maximum Gasteiger partial charge on any atom is 0.252 e. The molecule has 0 saturated carbocycles. The van der Waals surface area contributed by atoms with Gasteiger partial charge < -0.3 is 36.8 Å². The number of aliphatic hydroxyl groups excluding tert-OH is 3. The summed E-state index contributed by atoms with van der Waals surface area (Å²) < 4.78 is 5.28. The molecule has 10 nitrogen and oxygen atoms in total. The van der Waals surface area contributed by atoms with Crippen LogP contribution in [0.15, 0.2) is 0 Å². The molecular formula is C13H23N3O7. The molecule has 23 heavy (non-hydrogen) atoms. The zero-order valence-electron chi connectivity index (χ0n) is 12.7. The van der Waals surface area contributed by atoms with Crippen LogP contribution in [0.25, 0.3) is 0 Å². The number of primary amides is 2. The highest BCUT2D eigenvalue weighted by molar-refractivity contribution is 5.89. The predicted molar refractivity (Wildman–Crippen MR) is 76.5 cm³/mol. The lowest BCUT2D eigenvalue weighted by molar-refractivity contribution is -0.221. The van der Waals surface area contributed by atoms with Gasteiger partial charge in [0.25, 0.3) is 5.91 Å². The Morgan fingerprint density at radius 2 is 1.74 bits per heavy atom. The Balaban J connectivity index is 2.77. The molecule has 6 atom stereocenters. The van der Waals surface area contributed by atoms with Gasteiger partial charge in [-0.05, 0) is 12.8 Å². The Morgan fingerprint density at radius 3 is 2.22 bits per heavy atom. The van der Waals surface area contributed by atoms with Crippen molar-refractivity contribution in [1.29, 1.82) is 0 Å². The number of hydrogen-bond donors (Lipinski definition) is 6. The summed E-state index contributed by atoms with van der Waals surface area (Å²) in [5.74, 6) is -2.42. The molecule has 0 radical (unpaired) electrons. The van der Waals surface area contributed by atoms with Crippen molar-refractivity contribution in [2.45, 2.75) is 62.7 Å². The molecule has 1 rings (SSSR count). The largest absolute Gasteiger partial charge is 0.388 e. The van der Waals surface area contributed by atoms with Gasteiger partial charge >= 0.3 is 0 Å². The van der Waals surface area contributed by atoms with Crippen LogP contribution in [0.1, 0.15) is 26.2 Å². The number of nitrogens with two attached hydrogens (primary N) is 2. The lowest BCUT2D eigenvalue weighted by atomic mass is 9.93. The lowest BCUT2D eigenvalue weighted by Crippen LogP contribution is -2.62. The molecule has 1 fully saturated rings. The van der Waals surface area contributed by atoms with Gasteiger partial charge in [-0.25, -0.2) is 0 Å². The maximum atomic E-state index is 12.2. The number of rotatable bonds is 7. The zero-order chi connectivity index (χ0) is 17.7. The minimum atomic E-state index is -1.67. The van der Waals surface area contributed by atoms with Gasteiger partial charge in [-0.1, -0.05) is 6.92 Å². The highest BCUT2D eigenvalue weighted by atomic mass is 16.5. The quantitative estimate of drug-likeness (QED) is 0.279. The Hall–Kier alpha value is -1.75. The Kier molecular flexibility index (Phi) is 6.88. The normalized spacial score (nSPS) is 32.1. The first-order valence-corrected chi connectivity index (χ1v) is 7.26. The topological polar surface area (TPSA) is 185 Å². The van der Waals surface area contributed by atoms with Crippen molar-refractivity contribution in [2.75, 3.05) is 0 Å². The fraction of sp³-hybridized carbons (Fsp3) is 0.769. The number of carbonyl (C=O) groups excluding carboxylic acids is 3. The third-order valence-electron chi connectivity index (χ3n) is 3.71. The van der Waals surface area contributed by atoms with E-state index < -0.39 is 54.3 Å². The molecule has 132 valence electrons. The van der Waals surface area contributed by atoms with E-state index in [4.69, 9.17) is 16.2 Å². The first-order valence-electron chi connectivity index (χ1n) is 7.26. The van der Waals surface area contributed by atoms with Gasteiger partial charge in [0.05, 0.1) is 6.10 Å². The van der Waals surface area contributed by atoms with Crippen molar-refractivity contribution in [3.8, 4) is 0 Å². The fourth-order valence-electron chi connectivity index (χ4n) is 2.33. The third-order valence-corrected chi connectivity index (χ3v) is 3.71. The van der Waals surface area contributed by atoms with Gasteiger partial charge in [-0.3, -0.25) is 14.4 Å². The second-order valence-electron chi connectivity index (χ2n) is 5.44. The van der Waals surface area contributed by atoms with E-state index in [1.807, 2.05) is 0 Å². The van der Waals surface area contributed by atoms with Crippen molar-refractivity contribution in [3.63, 3.8) is 0 Å². The summed E-state index contributed by atoms with van der Waals surface area (Å²) in [6, 6.07) is -1.17. The van der Waals surface area contributed by atoms with E-state index in [-0.39, 0.29) is 12.8 Å². The number of hydrogen-bond acceptors (Lipinski definition) is 7. The lowest BCUT2D eigenvalue weighted by Gasteiger charge is -2.39. The number of carbonyl (C=O) groups is 3. The molecule has 0 aromatic heterocycles. The number of aliphatic hydroxyl groups is 3. The van der Waals surface area contributed by atoms with E-state index in [0.29, 0.717) is 6.42 Å². The van der Waals surface area contributed by atoms with E-state index >= 15 is 0 Å². The molecule has 10 heteroatoms. The second-order valence-corrected chi connectivity index (χ2v) is 5.44. The van der Waals surface area contributed by atoms with Crippen LogP contribution >= 0.6 is 0 Å². The summed E-state index contributed by atoms with van der Waals surface area (Å²) in [6.45, 7) is 1.67. The van der Waals surface area contributed by atoms with Crippen LogP contribution in [0.2, 0.25) is 0 Å².